The lowest BCUT2D eigenvalue weighted by atomic mass is 10.1. The molecule has 3 aliphatic rings. The molecule has 1 aromatic heterocycles. The van der Waals surface area contributed by atoms with E-state index < -0.39 is 12.0 Å². The third-order valence-electron chi connectivity index (χ3n) is 6.22. The van der Waals surface area contributed by atoms with Crippen LogP contribution in [0.5, 0.6) is 5.75 Å². The molecule has 2 aromatic rings. The van der Waals surface area contributed by atoms with Crippen molar-refractivity contribution in [3.8, 4) is 17.2 Å². The molecule has 0 radical (unpaired) electrons. The minimum atomic E-state index is -1.04. The molecule has 0 bridgehead atoms. The van der Waals surface area contributed by atoms with E-state index in [0.717, 1.165) is 42.7 Å². The van der Waals surface area contributed by atoms with Crippen LogP contribution in [0.2, 0.25) is 0 Å². The van der Waals surface area contributed by atoms with Crippen LogP contribution in [0, 0.1) is 0 Å². The molecule has 2 N–H and O–H groups in total. The van der Waals surface area contributed by atoms with Gasteiger partial charge in [-0.1, -0.05) is 40.9 Å². The minimum absolute atomic E-state index is 0.0984. The number of hydrogen-bond donors (Lipinski definition) is 2. The third kappa shape index (κ3) is 4.09. The van der Waals surface area contributed by atoms with E-state index in [2.05, 4.69) is 53.9 Å². The van der Waals surface area contributed by atoms with Crippen molar-refractivity contribution in [2.45, 2.75) is 68.5 Å². The number of carbonyl (C=O) groups is 1. The lowest BCUT2D eigenvalue weighted by molar-refractivity contribution is 0.117. The SMILES string of the molecule is CCCCCC1N=C2C(Br)NC(=O)N3C(CCc4noc(-c5ccc(OC)cc5)n4)N=NC23N1. The van der Waals surface area contributed by atoms with Gasteiger partial charge in [-0.05, 0) is 43.5 Å². The number of ether oxygens (including phenoxy) is 1. The molecule has 2 amide bonds. The first-order chi connectivity index (χ1) is 16.5. The van der Waals surface area contributed by atoms with Crippen LogP contribution in [0.15, 0.2) is 44.0 Å². The molecule has 180 valence electrons. The molecule has 5 rings (SSSR count). The van der Waals surface area contributed by atoms with Crippen LogP contribution in [-0.2, 0) is 6.42 Å². The second kappa shape index (κ2) is 9.41. The molecule has 4 heterocycles. The van der Waals surface area contributed by atoms with Crippen LogP contribution < -0.4 is 15.4 Å². The molecule has 12 heteroatoms. The Hall–Kier alpha value is -2.86. The first-order valence-electron chi connectivity index (χ1n) is 11.5. The van der Waals surface area contributed by atoms with E-state index in [4.69, 9.17) is 14.3 Å². The number of urea groups is 1. The number of halogens is 1. The van der Waals surface area contributed by atoms with Crippen LogP contribution in [0.3, 0.4) is 0 Å². The van der Waals surface area contributed by atoms with E-state index in [9.17, 15) is 4.79 Å². The Kier molecular flexibility index (Phi) is 6.34. The van der Waals surface area contributed by atoms with E-state index in [1.807, 2.05) is 24.3 Å². The smallest absolute Gasteiger partial charge is 0.323 e. The second-order valence-corrected chi connectivity index (χ2v) is 9.42. The molecule has 3 aliphatic heterocycles. The highest BCUT2D eigenvalue weighted by Crippen LogP contribution is 2.39. The van der Waals surface area contributed by atoms with Gasteiger partial charge in [-0.3, -0.25) is 9.89 Å². The number of nitrogens with zero attached hydrogens (tertiary/aromatic N) is 6. The van der Waals surface area contributed by atoms with Gasteiger partial charge in [-0.25, -0.2) is 10.1 Å². The number of aliphatic imine (C=N–C) groups is 1. The van der Waals surface area contributed by atoms with Crippen molar-refractivity contribution < 1.29 is 14.1 Å². The number of nitrogens with one attached hydrogen (secondary N) is 2. The Balaban J connectivity index is 1.27. The Morgan fingerprint density at radius 2 is 2.06 bits per heavy atom. The minimum Gasteiger partial charge on any atom is -0.497 e. The number of alkyl halides is 1. The van der Waals surface area contributed by atoms with Crippen LogP contribution >= 0.6 is 15.9 Å². The third-order valence-corrected chi connectivity index (χ3v) is 6.89. The largest absolute Gasteiger partial charge is 0.497 e. The van der Waals surface area contributed by atoms with E-state index >= 15 is 0 Å². The first kappa shape index (κ1) is 22.9. The van der Waals surface area contributed by atoms with Gasteiger partial charge in [0.25, 0.3) is 11.7 Å². The number of amides is 2. The van der Waals surface area contributed by atoms with Gasteiger partial charge in [0, 0.05) is 12.0 Å². The second-order valence-electron chi connectivity index (χ2n) is 8.50. The first-order valence-corrected chi connectivity index (χ1v) is 12.4. The van der Waals surface area contributed by atoms with Gasteiger partial charge in [0.05, 0.1) is 7.11 Å². The molecule has 0 aliphatic carbocycles. The summed E-state index contributed by atoms with van der Waals surface area (Å²) in [5.74, 6) is 0.694. The maximum atomic E-state index is 13.0. The fourth-order valence-corrected chi connectivity index (χ4v) is 5.11. The van der Waals surface area contributed by atoms with Crippen LogP contribution in [0.4, 0.5) is 4.79 Å². The number of rotatable bonds is 9. The Bertz CT molecular complexity index is 1100. The molecule has 1 fully saturated rings. The van der Waals surface area contributed by atoms with Crippen molar-refractivity contribution in [3.05, 3.63) is 30.1 Å². The van der Waals surface area contributed by atoms with Gasteiger partial charge in [0.2, 0.25) is 0 Å². The van der Waals surface area contributed by atoms with E-state index in [-0.39, 0.29) is 17.1 Å². The molecule has 4 unspecified atom stereocenters. The number of methoxy groups -OCH3 is 1. The fraction of sp³-hybridized carbons (Fsp3) is 0.545. The fourth-order valence-electron chi connectivity index (χ4n) is 4.48. The topological polar surface area (TPSA) is 130 Å². The highest BCUT2D eigenvalue weighted by Gasteiger charge is 2.60. The summed E-state index contributed by atoms with van der Waals surface area (Å²) >= 11 is 3.53. The molecule has 4 atom stereocenters. The van der Waals surface area contributed by atoms with Crippen LogP contribution in [-0.4, -0.2) is 57.0 Å². The zero-order valence-electron chi connectivity index (χ0n) is 19.1. The lowest BCUT2D eigenvalue weighted by Crippen LogP contribution is -2.71. The van der Waals surface area contributed by atoms with E-state index in [0.29, 0.717) is 24.6 Å². The summed E-state index contributed by atoms with van der Waals surface area (Å²) in [6, 6.07) is 7.16. The number of aryl methyl sites for hydroxylation is 1. The number of azo groups is 1. The van der Waals surface area contributed by atoms with Crippen molar-refractivity contribution in [1.82, 2.24) is 25.7 Å². The normalized spacial score (nSPS) is 27.4. The highest BCUT2D eigenvalue weighted by atomic mass is 79.9. The summed E-state index contributed by atoms with van der Waals surface area (Å²) in [6.07, 6.45) is 4.65. The molecule has 11 nitrogen and oxygen atoms in total. The Morgan fingerprint density at radius 3 is 2.82 bits per heavy atom. The monoisotopic (exact) mass is 530 g/mol. The predicted octanol–water partition coefficient (Wildman–Crippen LogP) is 3.82. The van der Waals surface area contributed by atoms with Crippen molar-refractivity contribution >= 4 is 27.7 Å². The molecule has 1 spiro atoms. The summed E-state index contributed by atoms with van der Waals surface area (Å²) in [7, 11) is 1.62. The van der Waals surface area contributed by atoms with Crippen molar-refractivity contribution in [2.75, 3.05) is 7.11 Å². The van der Waals surface area contributed by atoms with Gasteiger partial charge in [-0.2, -0.15) is 10.1 Å². The zero-order valence-corrected chi connectivity index (χ0v) is 20.7. The molecular formula is C22H27BrN8O3. The van der Waals surface area contributed by atoms with Crippen molar-refractivity contribution in [1.29, 1.82) is 0 Å². The van der Waals surface area contributed by atoms with E-state index in [1.54, 1.807) is 12.0 Å². The number of aromatic nitrogens is 2. The lowest BCUT2D eigenvalue weighted by Gasteiger charge is -2.41. The standard InChI is InChI=1S/C22H27BrN8O3/c1-3-4-5-6-15-24-18-19(23)26-21(32)31-17(28-30-22(18,31)27-15)12-11-16-25-20(34-29-16)13-7-9-14(33-2)10-8-13/h7-10,15,17,19,27H,3-6,11-12H2,1-2H3,(H,26,32). The van der Waals surface area contributed by atoms with Crippen molar-refractivity contribution in [3.63, 3.8) is 0 Å². The summed E-state index contributed by atoms with van der Waals surface area (Å²) < 4.78 is 10.6. The molecular weight excluding hydrogens is 504 g/mol. The van der Waals surface area contributed by atoms with Crippen LogP contribution in [0.25, 0.3) is 11.5 Å². The summed E-state index contributed by atoms with van der Waals surface area (Å²) in [5, 5.41) is 19.5. The maximum Gasteiger partial charge on any atom is 0.323 e. The Labute approximate surface area is 205 Å². The summed E-state index contributed by atoms with van der Waals surface area (Å²) in [4.78, 5) is 23.5. The highest BCUT2D eigenvalue weighted by molar-refractivity contribution is 9.10. The van der Waals surface area contributed by atoms with Crippen molar-refractivity contribution in [2.24, 2.45) is 15.2 Å². The number of unbranched alkanes of at least 4 members (excludes halogenated alkanes) is 2. The molecule has 1 saturated heterocycles. The number of benzene rings is 1. The zero-order chi connectivity index (χ0) is 23.7. The molecule has 34 heavy (non-hydrogen) atoms. The molecule has 0 saturated carbocycles. The van der Waals surface area contributed by atoms with Gasteiger partial charge >= 0.3 is 6.03 Å². The average molecular weight is 531 g/mol. The maximum absolute atomic E-state index is 13.0. The van der Waals surface area contributed by atoms with Crippen LogP contribution in [0.1, 0.15) is 44.9 Å². The Morgan fingerprint density at radius 1 is 1.24 bits per heavy atom. The number of carbonyl (C=O) groups excluding carboxylic acids is 1. The predicted molar refractivity (Wildman–Crippen MR) is 128 cm³/mol. The van der Waals surface area contributed by atoms with Gasteiger partial charge in [0.1, 0.15) is 22.6 Å². The summed E-state index contributed by atoms with van der Waals surface area (Å²) in [5.41, 5.74) is 1.55. The number of hydrogen-bond acceptors (Lipinski definition) is 9. The average Bonchev–Trinajstić information content (AvgIpc) is 3.55. The summed E-state index contributed by atoms with van der Waals surface area (Å²) in [6.45, 7) is 2.17. The van der Waals surface area contributed by atoms with Gasteiger partial charge in [0.15, 0.2) is 12.0 Å². The van der Waals surface area contributed by atoms with E-state index in [1.165, 1.54) is 0 Å². The quantitative estimate of drug-likeness (QED) is 0.288. The van der Waals surface area contributed by atoms with Gasteiger partial charge < -0.3 is 14.6 Å². The molecule has 1 aromatic carbocycles. The van der Waals surface area contributed by atoms with Gasteiger partial charge in [-0.15, -0.1) is 5.11 Å².